The molecule has 0 fully saturated rings. The molecule has 0 spiro atoms. The van der Waals surface area contributed by atoms with Crippen LogP contribution in [0.25, 0.3) is 60.9 Å². The zero-order valence-electron chi connectivity index (χ0n) is 38.5. The van der Waals surface area contributed by atoms with E-state index in [1.807, 2.05) is 26.0 Å². The Morgan fingerprint density at radius 1 is 0.314 bits per heavy atom. The van der Waals surface area contributed by atoms with Gasteiger partial charge in [0.15, 0.2) is 11.5 Å². The van der Waals surface area contributed by atoms with Gasteiger partial charge in [0.25, 0.3) is 0 Å². The van der Waals surface area contributed by atoms with Crippen LogP contribution < -0.4 is 0 Å². The predicted molar refractivity (Wildman–Crippen MR) is 280 cm³/mol. The number of fused-ring (bicyclic) bond motifs is 9. The van der Waals surface area contributed by atoms with Crippen molar-refractivity contribution < 1.29 is 25.5 Å². The lowest BCUT2D eigenvalue weighted by Gasteiger charge is -2.34. The number of rotatable bonds is 6. The fraction of sp³-hybridized carbons (Fsp3) is 0.0625. The summed E-state index contributed by atoms with van der Waals surface area (Å²) < 4.78 is 2.31. The van der Waals surface area contributed by atoms with Gasteiger partial charge in [-0.25, -0.2) is 0 Å². The normalized spacial score (nSPS) is 13.5. The van der Waals surface area contributed by atoms with E-state index in [1.165, 1.54) is 22.3 Å². The first-order valence-corrected chi connectivity index (χ1v) is 23.7. The van der Waals surface area contributed by atoms with Crippen LogP contribution in [0.2, 0.25) is 0 Å². The van der Waals surface area contributed by atoms with Crippen LogP contribution in [0.4, 0.5) is 0 Å². The summed E-state index contributed by atoms with van der Waals surface area (Å²) in [5.74, 6) is -4.34. The molecule has 10 aromatic carbocycles. The lowest BCUT2D eigenvalue weighted by Crippen LogP contribution is -2.28. The molecule has 1 aromatic heterocycles. The standard InChI is InChI=1S/C62H41NO5.C2H6/c64-56-55(57(65)59(67)60(68)58(56)66)37-29-31-42(32-30-37)63-53-35-51-45(43-25-13-15-27-49(43)61(51,38-17-5-1-6-18-38)39-19-7-2-8-20-39)33-47(53)48-34-46-44-26-14-16-28-50(44)62(52(46)36-54(48)63,40-21-9-3-10-22-40)41-23-11-4-12-24-41;1-2/h1-36,64-68H;1-2H3. The molecule has 0 aliphatic heterocycles. The van der Waals surface area contributed by atoms with Crippen molar-refractivity contribution in [2.45, 2.75) is 24.7 Å². The van der Waals surface area contributed by atoms with Crippen LogP contribution in [0, 0.1) is 0 Å². The lowest BCUT2D eigenvalue weighted by atomic mass is 9.67. The zero-order valence-corrected chi connectivity index (χ0v) is 38.5. The summed E-state index contributed by atoms with van der Waals surface area (Å²) in [7, 11) is 0. The largest absolute Gasteiger partial charge is 0.504 e. The molecule has 2 aliphatic carbocycles. The van der Waals surface area contributed by atoms with Gasteiger partial charge in [0.1, 0.15) is 0 Å². The maximum absolute atomic E-state index is 11.0. The molecule has 11 aromatic rings. The number of hydrogen-bond acceptors (Lipinski definition) is 5. The molecule has 0 saturated carbocycles. The van der Waals surface area contributed by atoms with Gasteiger partial charge >= 0.3 is 0 Å². The molecular weight excluding hydrogens is 863 g/mol. The summed E-state index contributed by atoms with van der Waals surface area (Å²) in [6, 6.07) is 77.5. The molecule has 0 radical (unpaired) electrons. The highest BCUT2D eigenvalue weighted by molar-refractivity contribution is 6.14. The fourth-order valence-electron chi connectivity index (χ4n) is 11.9. The van der Waals surface area contributed by atoms with Gasteiger partial charge in [0.2, 0.25) is 17.2 Å². The number of phenols is 5. The van der Waals surface area contributed by atoms with E-state index in [-0.39, 0.29) is 5.56 Å². The summed E-state index contributed by atoms with van der Waals surface area (Å²) >= 11 is 0. The van der Waals surface area contributed by atoms with Crippen molar-refractivity contribution in [3.8, 4) is 67.8 Å². The number of nitrogens with zero attached hydrogens (tertiary/aromatic N) is 1. The Kier molecular flexibility index (Phi) is 9.73. The van der Waals surface area contributed by atoms with Gasteiger partial charge in [0, 0.05) is 16.5 Å². The topological polar surface area (TPSA) is 106 Å². The van der Waals surface area contributed by atoms with Crippen molar-refractivity contribution in [1.82, 2.24) is 4.57 Å². The van der Waals surface area contributed by atoms with E-state index in [9.17, 15) is 25.5 Å². The highest BCUT2D eigenvalue weighted by atomic mass is 16.4. The molecule has 1 heterocycles. The molecule has 0 amide bonds. The first-order chi connectivity index (χ1) is 34.3. The third-order valence-corrected chi connectivity index (χ3v) is 14.7. The third-order valence-electron chi connectivity index (χ3n) is 14.7. The van der Waals surface area contributed by atoms with E-state index >= 15 is 0 Å². The average Bonchev–Trinajstić information content (AvgIpc) is 4.02. The SMILES string of the molecule is CC.Oc1c(O)c(O)c(-c2ccc(-n3c4cc5c(cc4c4cc6c(cc43)C(c3ccccc3)(c3ccccc3)c3ccccc3-6)-c3ccccc3C5(c3ccccc3)c3ccccc3)cc2)c(O)c1O. The van der Waals surface area contributed by atoms with Crippen LogP contribution in [0.15, 0.2) is 218 Å². The number of hydrogen-bond donors (Lipinski definition) is 5. The second-order valence-electron chi connectivity index (χ2n) is 17.9. The molecule has 13 rings (SSSR count). The molecule has 338 valence electrons. The highest BCUT2D eigenvalue weighted by Crippen LogP contribution is 2.61. The van der Waals surface area contributed by atoms with E-state index in [0.717, 1.165) is 72.0 Å². The average molecular weight is 910 g/mol. The minimum absolute atomic E-state index is 0.205. The molecular formula is C64H47NO5. The monoisotopic (exact) mass is 909 g/mol. The molecule has 2 aliphatic rings. The molecule has 0 atom stereocenters. The lowest BCUT2D eigenvalue weighted by molar-refractivity contribution is 0.330. The van der Waals surface area contributed by atoms with Crippen LogP contribution in [0.3, 0.4) is 0 Å². The molecule has 0 bridgehead atoms. The minimum atomic E-state index is -1.00. The smallest absolute Gasteiger partial charge is 0.208 e. The van der Waals surface area contributed by atoms with E-state index in [0.29, 0.717) is 5.56 Å². The second-order valence-corrected chi connectivity index (χ2v) is 17.9. The van der Waals surface area contributed by atoms with E-state index in [4.69, 9.17) is 0 Å². The first-order valence-electron chi connectivity index (χ1n) is 23.7. The summed E-state index contributed by atoms with van der Waals surface area (Å²) in [6.45, 7) is 4.00. The number of aromatic hydroxyl groups is 5. The van der Waals surface area contributed by atoms with Gasteiger partial charge < -0.3 is 30.1 Å². The molecule has 0 unspecified atom stereocenters. The molecule has 0 saturated heterocycles. The van der Waals surface area contributed by atoms with Crippen molar-refractivity contribution in [1.29, 1.82) is 0 Å². The highest BCUT2D eigenvalue weighted by Gasteiger charge is 2.48. The fourth-order valence-corrected chi connectivity index (χ4v) is 11.9. The van der Waals surface area contributed by atoms with Crippen molar-refractivity contribution >= 4 is 21.8 Å². The predicted octanol–water partition coefficient (Wildman–Crippen LogP) is 14.7. The molecule has 6 heteroatoms. The third kappa shape index (κ3) is 5.68. The Morgan fingerprint density at radius 3 is 1.01 bits per heavy atom. The molecule has 6 nitrogen and oxygen atoms in total. The maximum Gasteiger partial charge on any atom is 0.208 e. The van der Waals surface area contributed by atoms with Gasteiger partial charge in [-0.2, -0.15) is 0 Å². The Bertz CT molecular complexity index is 3520. The molecule has 5 N–H and O–H groups in total. The second kappa shape index (κ2) is 16.1. The van der Waals surface area contributed by atoms with Crippen molar-refractivity contribution in [3.05, 3.63) is 263 Å². The zero-order chi connectivity index (χ0) is 47.9. The van der Waals surface area contributed by atoms with Crippen molar-refractivity contribution in [3.63, 3.8) is 0 Å². The van der Waals surface area contributed by atoms with Crippen molar-refractivity contribution in [2.75, 3.05) is 0 Å². The van der Waals surface area contributed by atoms with Gasteiger partial charge in [-0.1, -0.05) is 196 Å². The van der Waals surface area contributed by atoms with Gasteiger partial charge in [-0.05, 0) is 109 Å². The van der Waals surface area contributed by atoms with Crippen LogP contribution in [-0.2, 0) is 10.8 Å². The summed E-state index contributed by atoms with van der Waals surface area (Å²) in [4.78, 5) is 0. The quantitative estimate of drug-likeness (QED) is 0.0844. The van der Waals surface area contributed by atoms with E-state index < -0.39 is 39.6 Å². The Balaban J connectivity index is 0.00000249. The van der Waals surface area contributed by atoms with Gasteiger partial charge in [-0.15, -0.1) is 0 Å². The molecule has 70 heavy (non-hydrogen) atoms. The van der Waals surface area contributed by atoms with Crippen LogP contribution in [0.1, 0.15) is 58.4 Å². The van der Waals surface area contributed by atoms with Crippen molar-refractivity contribution in [2.24, 2.45) is 0 Å². The number of phenolic OH excluding ortho intramolecular Hbond substituents is 5. The number of benzene rings is 10. The van der Waals surface area contributed by atoms with Crippen LogP contribution in [0.5, 0.6) is 28.7 Å². The summed E-state index contributed by atoms with van der Waals surface area (Å²) in [5.41, 5.74) is 15.7. The maximum atomic E-state index is 11.0. The Hall–Kier alpha value is -9.00. The van der Waals surface area contributed by atoms with E-state index in [2.05, 4.69) is 199 Å². The summed E-state index contributed by atoms with van der Waals surface area (Å²) in [6.07, 6.45) is 0. The van der Waals surface area contributed by atoms with Crippen LogP contribution >= 0.6 is 0 Å². The summed E-state index contributed by atoms with van der Waals surface area (Å²) in [5, 5.41) is 55.4. The number of aromatic nitrogens is 1. The first kappa shape index (κ1) is 42.4. The van der Waals surface area contributed by atoms with Gasteiger partial charge in [0.05, 0.1) is 27.4 Å². The Morgan fingerprint density at radius 2 is 0.643 bits per heavy atom. The van der Waals surface area contributed by atoms with E-state index in [1.54, 1.807) is 12.1 Å². The van der Waals surface area contributed by atoms with Crippen LogP contribution in [-0.4, -0.2) is 30.1 Å². The minimum Gasteiger partial charge on any atom is -0.504 e. The van der Waals surface area contributed by atoms with Gasteiger partial charge in [-0.3, -0.25) is 0 Å². The Labute approximate surface area is 405 Å².